The molecule has 0 aliphatic carbocycles. The molecule has 7 nitrogen and oxygen atoms in total. The van der Waals surface area contributed by atoms with Crippen molar-refractivity contribution in [2.45, 2.75) is 44.8 Å². The van der Waals surface area contributed by atoms with Crippen molar-refractivity contribution in [3.05, 3.63) is 59.2 Å². The van der Waals surface area contributed by atoms with Gasteiger partial charge in [0.25, 0.3) is 11.8 Å². The molecular formula is C25H28N4O3S. The van der Waals surface area contributed by atoms with Crippen molar-refractivity contribution in [3.8, 4) is 0 Å². The van der Waals surface area contributed by atoms with Gasteiger partial charge in [0.2, 0.25) is 5.91 Å². The highest BCUT2D eigenvalue weighted by atomic mass is 32.2. The number of anilines is 2. The molecule has 3 amide bonds. The first-order valence-electron chi connectivity index (χ1n) is 11.2. The number of likely N-dealkylation sites (tertiary alicyclic amines) is 1. The first-order chi connectivity index (χ1) is 15.9. The van der Waals surface area contributed by atoms with E-state index in [1.807, 2.05) is 32.0 Å². The van der Waals surface area contributed by atoms with Crippen molar-refractivity contribution in [1.29, 1.82) is 0 Å². The molecule has 1 fully saturated rings. The predicted octanol–water partition coefficient (Wildman–Crippen LogP) is 4.37. The molecule has 2 heterocycles. The predicted molar refractivity (Wildman–Crippen MR) is 133 cm³/mol. The molecule has 1 saturated heterocycles. The SMILES string of the molecule is Cc1ccc(C)c(NC(=O)c2cccc(NC(=O)CC3SC(N4CCCCC4)=NC3=O)c2)c1. The summed E-state index contributed by atoms with van der Waals surface area (Å²) < 4.78 is 0. The second-order valence-corrected chi connectivity index (χ2v) is 9.66. The molecule has 172 valence electrons. The fraction of sp³-hybridized carbons (Fsp3) is 0.360. The Labute approximate surface area is 198 Å². The molecule has 2 aromatic rings. The van der Waals surface area contributed by atoms with Gasteiger partial charge in [0.05, 0.1) is 0 Å². The summed E-state index contributed by atoms with van der Waals surface area (Å²) in [5.41, 5.74) is 3.75. The number of amidine groups is 1. The minimum atomic E-state index is -0.502. The van der Waals surface area contributed by atoms with Crippen LogP contribution in [0.1, 0.15) is 47.2 Å². The number of rotatable bonds is 5. The van der Waals surface area contributed by atoms with Crippen molar-refractivity contribution >= 4 is 46.0 Å². The molecule has 4 rings (SSSR count). The first kappa shape index (κ1) is 23.0. The minimum Gasteiger partial charge on any atom is -0.351 e. The van der Waals surface area contributed by atoms with Crippen molar-refractivity contribution in [2.24, 2.45) is 4.99 Å². The summed E-state index contributed by atoms with van der Waals surface area (Å²) in [4.78, 5) is 44.0. The Bertz CT molecular complexity index is 1110. The van der Waals surface area contributed by atoms with Crippen LogP contribution in [-0.2, 0) is 9.59 Å². The normalized spacial score (nSPS) is 18.1. The van der Waals surface area contributed by atoms with Crippen LogP contribution in [0.2, 0.25) is 0 Å². The Hall–Kier alpha value is -3.13. The number of benzene rings is 2. The highest BCUT2D eigenvalue weighted by Gasteiger charge is 2.33. The molecule has 0 radical (unpaired) electrons. The van der Waals surface area contributed by atoms with Gasteiger partial charge in [0.15, 0.2) is 5.17 Å². The van der Waals surface area contributed by atoms with Gasteiger partial charge in [-0.1, -0.05) is 30.0 Å². The van der Waals surface area contributed by atoms with Crippen molar-refractivity contribution in [3.63, 3.8) is 0 Å². The molecule has 2 aliphatic heterocycles. The Morgan fingerprint density at radius 3 is 2.64 bits per heavy atom. The Morgan fingerprint density at radius 2 is 1.85 bits per heavy atom. The third kappa shape index (κ3) is 5.82. The highest BCUT2D eigenvalue weighted by Crippen LogP contribution is 2.29. The van der Waals surface area contributed by atoms with Gasteiger partial charge < -0.3 is 15.5 Å². The van der Waals surface area contributed by atoms with E-state index in [9.17, 15) is 14.4 Å². The summed E-state index contributed by atoms with van der Waals surface area (Å²) >= 11 is 1.38. The van der Waals surface area contributed by atoms with Gasteiger partial charge in [-0.2, -0.15) is 4.99 Å². The van der Waals surface area contributed by atoms with Crippen LogP contribution in [0.25, 0.3) is 0 Å². The lowest BCUT2D eigenvalue weighted by atomic mass is 10.1. The lowest BCUT2D eigenvalue weighted by Crippen LogP contribution is -2.33. The van der Waals surface area contributed by atoms with Gasteiger partial charge in [0.1, 0.15) is 5.25 Å². The zero-order chi connectivity index (χ0) is 23.4. The summed E-state index contributed by atoms with van der Waals surface area (Å²) in [6.45, 7) is 5.73. The Morgan fingerprint density at radius 1 is 1.06 bits per heavy atom. The van der Waals surface area contributed by atoms with Crippen LogP contribution in [0.5, 0.6) is 0 Å². The van der Waals surface area contributed by atoms with E-state index in [0.717, 1.165) is 47.9 Å². The first-order valence-corrected chi connectivity index (χ1v) is 12.1. The quantitative estimate of drug-likeness (QED) is 0.686. The van der Waals surface area contributed by atoms with Gasteiger partial charge in [-0.3, -0.25) is 14.4 Å². The Balaban J connectivity index is 1.34. The summed E-state index contributed by atoms with van der Waals surface area (Å²) in [6, 6.07) is 12.7. The van der Waals surface area contributed by atoms with Crippen molar-refractivity contribution in [1.82, 2.24) is 4.90 Å². The third-order valence-electron chi connectivity index (χ3n) is 5.78. The minimum absolute atomic E-state index is 0.0449. The summed E-state index contributed by atoms with van der Waals surface area (Å²) in [5.74, 6) is -0.777. The van der Waals surface area contributed by atoms with E-state index in [2.05, 4.69) is 20.5 Å². The zero-order valence-electron chi connectivity index (χ0n) is 18.9. The van der Waals surface area contributed by atoms with Crippen molar-refractivity contribution < 1.29 is 14.4 Å². The van der Waals surface area contributed by atoms with Crippen LogP contribution in [0.15, 0.2) is 47.5 Å². The summed E-state index contributed by atoms with van der Waals surface area (Å²) in [6.07, 6.45) is 3.46. The number of hydrogen-bond acceptors (Lipinski definition) is 5. The number of carbonyl (C=O) groups excluding carboxylic acids is 3. The number of aliphatic imine (C=N–C) groups is 1. The van der Waals surface area contributed by atoms with Crippen LogP contribution < -0.4 is 10.6 Å². The monoisotopic (exact) mass is 464 g/mol. The molecule has 0 aromatic heterocycles. The lowest BCUT2D eigenvalue weighted by molar-refractivity contribution is -0.121. The fourth-order valence-corrected chi connectivity index (χ4v) is 5.03. The van der Waals surface area contributed by atoms with E-state index in [1.165, 1.54) is 18.2 Å². The van der Waals surface area contributed by atoms with Crippen LogP contribution >= 0.6 is 11.8 Å². The molecule has 0 saturated carbocycles. The molecule has 2 aliphatic rings. The molecule has 0 bridgehead atoms. The number of nitrogens with one attached hydrogen (secondary N) is 2. The van der Waals surface area contributed by atoms with Gasteiger partial charge in [-0.15, -0.1) is 0 Å². The maximum absolute atomic E-state index is 12.7. The maximum Gasteiger partial charge on any atom is 0.262 e. The number of carbonyl (C=O) groups is 3. The van der Waals surface area contributed by atoms with E-state index in [1.54, 1.807) is 24.3 Å². The molecule has 0 spiro atoms. The van der Waals surface area contributed by atoms with Gasteiger partial charge in [-0.25, -0.2) is 0 Å². The zero-order valence-corrected chi connectivity index (χ0v) is 19.7. The average Bonchev–Trinajstić information content (AvgIpc) is 3.17. The number of amides is 3. The van der Waals surface area contributed by atoms with E-state index in [-0.39, 0.29) is 24.1 Å². The largest absolute Gasteiger partial charge is 0.351 e. The number of aryl methyl sites for hydroxylation is 2. The number of nitrogens with zero attached hydrogens (tertiary/aromatic N) is 2. The van der Waals surface area contributed by atoms with E-state index in [4.69, 9.17) is 0 Å². The van der Waals surface area contributed by atoms with Gasteiger partial charge in [0, 0.05) is 36.4 Å². The van der Waals surface area contributed by atoms with E-state index >= 15 is 0 Å². The smallest absolute Gasteiger partial charge is 0.262 e. The van der Waals surface area contributed by atoms with Gasteiger partial charge in [-0.05, 0) is 68.5 Å². The number of thioether (sulfide) groups is 1. The maximum atomic E-state index is 12.7. The summed E-state index contributed by atoms with van der Waals surface area (Å²) in [5, 5.41) is 5.98. The Kier molecular flexibility index (Phi) is 7.13. The molecular weight excluding hydrogens is 436 g/mol. The number of piperidine rings is 1. The van der Waals surface area contributed by atoms with E-state index < -0.39 is 5.25 Å². The molecule has 33 heavy (non-hydrogen) atoms. The standard InChI is InChI=1S/C25H28N4O3S/c1-16-9-10-17(2)20(13-16)27-23(31)18-7-6-8-19(14-18)26-22(30)15-21-24(32)28-25(33-21)29-11-4-3-5-12-29/h6-10,13-14,21H,3-5,11-12,15H2,1-2H3,(H,26,30)(H,27,31). The molecule has 2 N–H and O–H groups in total. The topological polar surface area (TPSA) is 90.9 Å². The second-order valence-electron chi connectivity index (χ2n) is 8.49. The van der Waals surface area contributed by atoms with Crippen LogP contribution in [-0.4, -0.2) is 46.1 Å². The van der Waals surface area contributed by atoms with Crippen LogP contribution in [0.4, 0.5) is 11.4 Å². The highest BCUT2D eigenvalue weighted by molar-refractivity contribution is 8.15. The molecule has 1 atom stereocenters. The van der Waals surface area contributed by atoms with Crippen LogP contribution in [0.3, 0.4) is 0 Å². The van der Waals surface area contributed by atoms with Crippen molar-refractivity contribution in [2.75, 3.05) is 23.7 Å². The molecule has 1 unspecified atom stereocenters. The summed E-state index contributed by atoms with van der Waals surface area (Å²) in [7, 11) is 0. The lowest BCUT2D eigenvalue weighted by Gasteiger charge is -2.27. The second kappa shape index (κ2) is 10.2. The van der Waals surface area contributed by atoms with Crippen LogP contribution in [0, 0.1) is 13.8 Å². The molecule has 8 heteroatoms. The average molecular weight is 465 g/mol. The number of hydrogen-bond donors (Lipinski definition) is 2. The molecule has 2 aromatic carbocycles. The third-order valence-corrected chi connectivity index (χ3v) is 6.99. The fourth-order valence-electron chi connectivity index (χ4n) is 3.91. The van der Waals surface area contributed by atoms with E-state index in [0.29, 0.717) is 11.3 Å². The van der Waals surface area contributed by atoms with Gasteiger partial charge >= 0.3 is 0 Å².